The van der Waals surface area contributed by atoms with Gasteiger partial charge in [-0.1, -0.05) is 0 Å². The normalized spacial score (nSPS) is 9.00. The summed E-state index contributed by atoms with van der Waals surface area (Å²) in [7, 11) is 1.67. The number of rotatable bonds is 0. The Kier molecular flexibility index (Phi) is 4.42. The molecule has 0 saturated heterocycles. The van der Waals surface area contributed by atoms with Crippen molar-refractivity contribution in [3.05, 3.63) is 28.5 Å². The topological polar surface area (TPSA) is 0 Å². The molecule has 0 saturated carbocycles. The SMILES string of the molecule is Fc1cc([PH3+])ccc1Br.[Cl-]. The van der Waals surface area contributed by atoms with E-state index in [1.165, 1.54) is 6.07 Å². The molecule has 56 valence electrons. The standard InChI is InChI=1S/C6H5BrFP.ClH/c7-5-2-1-4(9)3-6(5)8;/h1-3H,9H2;1H. The van der Waals surface area contributed by atoms with Crippen molar-refractivity contribution in [3.8, 4) is 0 Å². The van der Waals surface area contributed by atoms with Crippen molar-refractivity contribution < 1.29 is 16.8 Å². The van der Waals surface area contributed by atoms with E-state index in [2.05, 4.69) is 15.9 Å². The zero-order valence-electron chi connectivity index (χ0n) is 5.07. The van der Waals surface area contributed by atoms with E-state index in [1.54, 1.807) is 15.3 Å². The Hall–Kier alpha value is 0.350. The van der Waals surface area contributed by atoms with E-state index < -0.39 is 0 Å². The van der Waals surface area contributed by atoms with E-state index in [0.29, 0.717) is 4.47 Å². The molecule has 0 spiro atoms. The third-order valence-electron chi connectivity index (χ3n) is 0.984. The van der Waals surface area contributed by atoms with Gasteiger partial charge in [-0.3, -0.25) is 0 Å². The zero-order chi connectivity index (χ0) is 6.85. The van der Waals surface area contributed by atoms with Gasteiger partial charge in [-0.15, -0.1) is 0 Å². The third-order valence-corrected chi connectivity index (χ3v) is 2.07. The fraction of sp³-hybridized carbons (Fsp3) is 0. The predicted molar refractivity (Wildman–Crippen MR) is 44.8 cm³/mol. The lowest BCUT2D eigenvalue weighted by Gasteiger charge is -1.90. The molecular formula is C6H6BrClFP. The molecule has 0 heterocycles. The van der Waals surface area contributed by atoms with E-state index in [-0.39, 0.29) is 18.2 Å². The minimum Gasteiger partial charge on any atom is -1.00 e. The summed E-state index contributed by atoms with van der Waals surface area (Å²) in [5.41, 5.74) is 0. The maximum atomic E-state index is 12.5. The van der Waals surface area contributed by atoms with Gasteiger partial charge < -0.3 is 12.4 Å². The predicted octanol–water partition coefficient (Wildman–Crippen LogP) is -1.18. The Morgan fingerprint density at radius 2 is 2.00 bits per heavy atom. The molecule has 0 aliphatic heterocycles. The van der Waals surface area contributed by atoms with Crippen LogP contribution in [0, 0.1) is 5.82 Å². The molecule has 0 radical (unpaired) electrons. The fourth-order valence-electron chi connectivity index (χ4n) is 0.540. The maximum absolute atomic E-state index is 12.5. The Bertz CT molecular complexity index is 229. The summed E-state index contributed by atoms with van der Waals surface area (Å²) in [6, 6.07) is 5.08. The summed E-state index contributed by atoms with van der Waals surface area (Å²) >= 11 is 3.06. The smallest absolute Gasteiger partial charge is 0.141 e. The highest BCUT2D eigenvalue weighted by Gasteiger charge is 1.97. The Balaban J connectivity index is 0.000000810. The summed E-state index contributed by atoms with van der Waals surface area (Å²) in [5, 5.41) is 0.968. The van der Waals surface area contributed by atoms with Crippen molar-refractivity contribution >= 4 is 30.5 Å². The summed E-state index contributed by atoms with van der Waals surface area (Å²) in [4.78, 5) is 0. The van der Waals surface area contributed by atoms with Gasteiger partial charge in [-0.25, -0.2) is 4.39 Å². The van der Waals surface area contributed by atoms with Crippen LogP contribution in [0.2, 0.25) is 0 Å². The van der Waals surface area contributed by atoms with E-state index in [1.807, 2.05) is 6.07 Å². The van der Waals surface area contributed by atoms with E-state index in [4.69, 9.17) is 0 Å². The highest BCUT2D eigenvalue weighted by Crippen LogP contribution is 2.12. The lowest BCUT2D eigenvalue weighted by molar-refractivity contribution is -0.00000220. The summed E-state index contributed by atoms with van der Waals surface area (Å²) in [6.07, 6.45) is 0. The summed E-state index contributed by atoms with van der Waals surface area (Å²) in [6.45, 7) is 0. The van der Waals surface area contributed by atoms with Crippen LogP contribution in [0.25, 0.3) is 0 Å². The second-order valence-corrected chi connectivity index (χ2v) is 3.42. The monoisotopic (exact) mass is 242 g/mol. The molecule has 0 aliphatic carbocycles. The lowest BCUT2D eigenvalue weighted by Crippen LogP contribution is -3.00. The first-order valence-electron chi connectivity index (χ1n) is 2.47. The molecule has 0 nitrogen and oxygen atoms in total. The average Bonchev–Trinajstić information content (AvgIpc) is 1.80. The Labute approximate surface area is 75.9 Å². The molecule has 0 aromatic heterocycles. The Morgan fingerprint density at radius 3 is 2.40 bits per heavy atom. The zero-order valence-corrected chi connectivity index (χ0v) is 8.83. The van der Waals surface area contributed by atoms with Crippen LogP contribution in [0.3, 0.4) is 0 Å². The van der Waals surface area contributed by atoms with Crippen LogP contribution in [0.5, 0.6) is 0 Å². The molecule has 1 aromatic rings. The minimum atomic E-state index is -0.192. The molecule has 0 bridgehead atoms. The minimum absolute atomic E-state index is 0. The first-order chi connectivity index (χ1) is 4.20. The number of hydrogen-bond acceptors (Lipinski definition) is 0. The summed E-state index contributed by atoms with van der Waals surface area (Å²) in [5.74, 6) is -0.192. The van der Waals surface area contributed by atoms with E-state index in [9.17, 15) is 4.39 Å². The number of benzene rings is 1. The second kappa shape index (κ2) is 4.27. The first-order valence-corrected chi connectivity index (χ1v) is 3.97. The van der Waals surface area contributed by atoms with Gasteiger partial charge in [0.05, 0.1) is 9.78 Å². The first kappa shape index (κ1) is 10.3. The van der Waals surface area contributed by atoms with Gasteiger partial charge >= 0.3 is 0 Å². The van der Waals surface area contributed by atoms with Gasteiger partial charge in [0.15, 0.2) is 0 Å². The highest BCUT2D eigenvalue weighted by molar-refractivity contribution is 9.10. The van der Waals surface area contributed by atoms with Crippen LogP contribution in [-0.4, -0.2) is 0 Å². The van der Waals surface area contributed by atoms with Crippen LogP contribution >= 0.6 is 25.2 Å². The molecule has 1 rings (SSSR count). The van der Waals surface area contributed by atoms with Crippen LogP contribution in [-0.2, 0) is 0 Å². The van der Waals surface area contributed by atoms with Crippen LogP contribution in [0.15, 0.2) is 22.7 Å². The van der Waals surface area contributed by atoms with Gasteiger partial charge in [-0.2, -0.15) is 0 Å². The lowest BCUT2D eigenvalue weighted by atomic mass is 10.3. The average molecular weight is 243 g/mol. The second-order valence-electron chi connectivity index (χ2n) is 1.75. The maximum Gasteiger partial charge on any atom is 0.141 e. The van der Waals surface area contributed by atoms with Crippen LogP contribution in [0.1, 0.15) is 0 Å². The largest absolute Gasteiger partial charge is 1.00 e. The molecule has 0 fully saturated rings. The molecule has 0 N–H and O–H groups in total. The molecule has 0 aliphatic rings. The van der Waals surface area contributed by atoms with Crippen molar-refractivity contribution in [2.75, 3.05) is 0 Å². The fourth-order valence-corrected chi connectivity index (χ4v) is 1.08. The number of hydrogen-bond donors (Lipinski definition) is 0. The molecule has 0 amide bonds. The van der Waals surface area contributed by atoms with E-state index in [0.717, 1.165) is 5.30 Å². The third kappa shape index (κ3) is 2.53. The van der Waals surface area contributed by atoms with Gasteiger partial charge in [0.1, 0.15) is 5.82 Å². The molecule has 10 heavy (non-hydrogen) atoms. The molecule has 1 unspecified atom stereocenters. The Morgan fingerprint density at radius 1 is 1.40 bits per heavy atom. The highest BCUT2D eigenvalue weighted by atomic mass is 79.9. The van der Waals surface area contributed by atoms with Crippen molar-refractivity contribution in [2.24, 2.45) is 0 Å². The molecule has 1 aromatic carbocycles. The van der Waals surface area contributed by atoms with Crippen molar-refractivity contribution in [3.63, 3.8) is 0 Å². The van der Waals surface area contributed by atoms with Crippen molar-refractivity contribution in [1.29, 1.82) is 0 Å². The number of halogens is 3. The molecule has 1 atom stereocenters. The van der Waals surface area contributed by atoms with Crippen LogP contribution in [0.4, 0.5) is 4.39 Å². The van der Waals surface area contributed by atoms with Gasteiger partial charge in [0.25, 0.3) is 0 Å². The molecular weight excluding hydrogens is 237 g/mol. The van der Waals surface area contributed by atoms with Gasteiger partial charge in [0, 0.05) is 15.3 Å². The van der Waals surface area contributed by atoms with Crippen LogP contribution < -0.4 is 17.7 Å². The van der Waals surface area contributed by atoms with Gasteiger partial charge in [-0.05, 0) is 28.1 Å². The summed E-state index contributed by atoms with van der Waals surface area (Å²) < 4.78 is 13.1. The molecule has 4 heteroatoms. The van der Waals surface area contributed by atoms with Gasteiger partial charge in [0.2, 0.25) is 0 Å². The van der Waals surface area contributed by atoms with E-state index >= 15 is 0 Å². The van der Waals surface area contributed by atoms with Crippen molar-refractivity contribution in [1.82, 2.24) is 0 Å². The quantitative estimate of drug-likeness (QED) is 0.504. The van der Waals surface area contributed by atoms with Crippen molar-refractivity contribution in [2.45, 2.75) is 0 Å².